The van der Waals surface area contributed by atoms with Crippen molar-refractivity contribution in [2.24, 2.45) is 11.7 Å². The number of hydrogen-bond donors (Lipinski definition) is 1. The van der Waals surface area contributed by atoms with Gasteiger partial charge in [0.15, 0.2) is 7.11 Å². The summed E-state index contributed by atoms with van der Waals surface area (Å²) in [6, 6.07) is 4.38. The highest BCUT2D eigenvalue weighted by molar-refractivity contribution is 5.79. The van der Waals surface area contributed by atoms with E-state index in [0.717, 1.165) is 38.0 Å². The van der Waals surface area contributed by atoms with Crippen LogP contribution in [0.25, 0.3) is 0 Å². The van der Waals surface area contributed by atoms with Gasteiger partial charge in [-0.2, -0.15) is 0 Å². The van der Waals surface area contributed by atoms with Gasteiger partial charge in [-0.1, -0.05) is 24.8 Å². The topological polar surface area (TPSA) is 82.1 Å². The van der Waals surface area contributed by atoms with Gasteiger partial charge in [0.1, 0.15) is 5.82 Å². The van der Waals surface area contributed by atoms with Gasteiger partial charge in [-0.05, 0) is 49.8 Å². The van der Waals surface area contributed by atoms with Crippen LogP contribution in [0.4, 0.5) is 10.1 Å². The molecule has 2 saturated heterocycles. The molecule has 2 aliphatic rings. The maximum Gasteiger partial charge on any atom is 0.324 e. The fourth-order valence-corrected chi connectivity index (χ4v) is 4.61. The zero-order valence-electron chi connectivity index (χ0n) is 19.9. The molecule has 0 radical (unpaired) electrons. The molecule has 2 fully saturated rings. The standard InChI is InChI=1S/C25H35FN5O3/c1-3-5-20(8-11-27)18-28-12-9-21(10-13-28)25(32)30-16-14-29(15-17-30)19-22-23(26)6-4-7-24(22)31(33)34-2/h3-8,11,21H,1,9-10,12-19,27H2,2H3/q+1/b11-8-,20-5+. The molecule has 0 aromatic heterocycles. The van der Waals surface area contributed by atoms with Crippen LogP contribution in [0.3, 0.4) is 0 Å². The molecule has 1 aromatic carbocycles. The highest BCUT2D eigenvalue weighted by atomic mass is 19.1. The number of allylic oxidation sites excluding steroid dienone is 2. The average molecular weight is 473 g/mol. The first-order valence-electron chi connectivity index (χ1n) is 11.7. The molecule has 0 saturated carbocycles. The fraction of sp³-hybridized carbons (Fsp3) is 0.480. The third-order valence-corrected chi connectivity index (χ3v) is 6.51. The lowest BCUT2D eigenvalue weighted by Crippen LogP contribution is -2.51. The van der Waals surface area contributed by atoms with E-state index in [9.17, 15) is 14.1 Å². The molecule has 8 nitrogen and oxygen atoms in total. The number of nitrogens with zero attached hydrogens (tertiary/aromatic N) is 4. The third-order valence-electron chi connectivity index (χ3n) is 6.51. The largest absolute Gasteiger partial charge is 0.405 e. The van der Waals surface area contributed by atoms with Crippen LogP contribution in [0.15, 0.2) is 54.8 Å². The van der Waals surface area contributed by atoms with E-state index in [0.29, 0.717) is 43.2 Å². The van der Waals surface area contributed by atoms with E-state index in [-0.39, 0.29) is 17.5 Å². The first-order chi connectivity index (χ1) is 16.5. The highest BCUT2D eigenvalue weighted by Gasteiger charge is 2.32. The maximum atomic E-state index is 14.4. The number of nitrogens with two attached hydrogens (primary N) is 1. The Morgan fingerprint density at radius 2 is 1.91 bits per heavy atom. The second kappa shape index (κ2) is 12.4. The third kappa shape index (κ3) is 6.51. The van der Waals surface area contributed by atoms with Gasteiger partial charge in [-0.25, -0.2) is 9.23 Å². The molecular weight excluding hydrogens is 437 g/mol. The first-order valence-corrected chi connectivity index (χ1v) is 11.7. The predicted molar refractivity (Wildman–Crippen MR) is 129 cm³/mol. The van der Waals surface area contributed by atoms with Gasteiger partial charge < -0.3 is 10.6 Å². The van der Waals surface area contributed by atoms with Crippen LogP contribution < -0.4 is 5.73 Å². The Labute approximate surface area is 200 Å². The number of carbonyl (C=O) groups is 1. The number of likely N-dealkylation sites (tertiary alicyclic amines) is 1. The van der Waals surface area contributed by atoms with Crippen molar-refractivity contribution in [1.29, 1.82) is 0 Å². The van der Waals surface area contributed by atoms with Gasteiger partial charge in [0.2, 0.25) is 5.91 Å². The van der Waals surface area contributed by atoms with Crippen molar-refractivity contribution in [2.45, 2.75) is 19.4 Å². The molecule has 0 aliphatic carbocycles. The fourth-order valence-electron chi connectivity index (χ4n) is 4.61. The summed E-state index contributed by atoms with van der Waals surface area (Å²) >= 11 is 0. The van der Waals surface area contributed by atoms with E-state index in [1.807, 2.05) is 17.1 Å². The quantitative estimate of drug-likeness (QED) is 0.440. The van der Waals surface area contributed by atoms with Crippen LogP contribution in [-0.4, -0.2) is 78.5 Å². The Morgan fingerprint density at radius 1 is 1.21 bits per heavy atom. The molecule has 184 valence electrons. The number of piperidine rings is 1. The van der Waals surface area contributed by atoms with Gasteiger partial charge in [-0.15, -0.1) is 0 Å². The normalized spacial score (nSPS) is 18.9. The number of carbonyl (C=O) groups excluding carboxylic acids is 1. The molecule has 2 N–H and O–H groups in total. The van der Waals surface area contributed by atoms with Gasteiger partial charge in [-0.3, -0.25) is 14.6 Å². The lowest BCUT2D eigenvalue weighted by atomic mass is 9.94. The predicted octanol–water partition coefficient (Wildman–Crippen LogP) is 2.74. The van der Waals surface area contributed by atoms with Crippen molar-refractivity contribution < 1.29 is 18.9 Å². The second-order valence-corrected chi connectivity index (χ2v) is 8.67. The van der Waals surface area contributed by atoms with Crippen molar-refractivity contribution in [3.63, 3.8) is 0 Å². The number of amides is 1. The molecule has 0 bridgehead atoms. The summed E-state index contributed by atoms with van der Waals surface area (Å²) in [5.74, 6) is -0.193. The smallest absolute Gasteiger partial charge is 0.324 e. The zero-order chi connectivity index (χ0) is 24.5. The van der Waals surface area contributed by atoms with Crippen molar-refractivity contribution in [3.05, 3.63) is 71.1 Å². The van der Waals surface area contributed by atoms with E-state index in [1.54, 1.807) is 12.1 Å². The number of halogens is 1. The molecule has 0 unspecified atom stereocenters. The Kier molecular flexibility index (Phi) is 9.35. The minimum Gasteiger partial charge on any atom is -0.405 e. The Bertz CT molecular complexity index is 932. The SMILES string of the molecule is C=C/C=C(\C=C/N)CN1CCC(C(=O)N2CCN(Cc3c(F)cccc3[N+](=O)OC)CC2)CC1. The zero-order valence-corrected chi connectivity index (χ0v) is 19.9. The molecule has 2 heterocycles. The lowest BCUT2D eigenvalue weighted by Gasteiger charge is -2.38. The van der Waals surface area contributed by atoms with E-state index >= 15 is 0 Å². The van der Waals surface area contributed by atoms with Crippen molar-refractivity contribution >= 4 is 11.6 Å². The molecule has 2 aliphatic heterocycles. The van der Waals surface area contributed by atoms with Crippen LogP contribution in [0.1, 0.15) is 18.4 Å². The van der Waals surface area contributed by atoms with Crippen LogP contribution in [0.2, 0.25) is 0 Å². The molecule has 3 rings (SSSR count). The van der Waals surface area contributed by atoms with E-state index in [4.69, 9.17) is 10.6 Å². The van der Waals surface area contributed by atoms with Crippen molar-refractivity contribution in [2.75, 3.05) is 52.9 Å². The van der Waals surface area contributed by atoms with Crippen LogP contribution in [0, 0.1) is 16.6 Å². The minimum absolute atomic E-state index is 0.0357. The average Bonchev–Trinajstić information content (AvgIpc) is 2.85. The molecule has 34 heavy (non-hydrogen) atoms. The van der Waals surface area contributed by atoms with E-state index in [1.165, 1.54) is 25.4 Å². The van der Waals surface area contributed by atoms with Gasteiger partial charge in [0.25, 0.3) is 4.92 Å². The number of piperazine rings is 1. The summed E-state index contributed by atoms with van der Waals surface area (Å²) in [7, 11) is 1.25. The lowest BCUT2D eigenvalue weighted by molar-refractivity contribution is -0.737. The summed E-state index contributed by atoms with van der Waals surface area (Å²) in [4.78, 5) is 36.4. The monoisotopic (exact) mass is 472 g/mol. The van der Waals surface area contributed by atoms with Crippen LogP contribution in [-0.2, 0) is 16.2 Å². The van der Waals surface area contributed by atoms with Crippen molar-refractivity contribution in [1.82, 2.24) is 14.7 Å². The number of hydrogen-bond acceptors (Lipinski definition) is 6. The van der Waals surface area contributed by atoms with Crippen LogP contribution >= 0.6 is 0 Å². The second-order valence-electron chi connectivity index (χ2n) is 8.67. The summed E-state index contributed by atoms with van der Waals surface area (Å²) in [5.41, 5.74) is 7.10. The van der Waals surface area contributed by atoms with Crippen molar-refractivity contribution in [3.8, 4) is 0 Å². The van der Waals surface area contributed by atoms with Crippen LogP contribution in [0.5, 0.6) is 0 Å². The van der Waals surface area contributed by atoms with Gasteiger partial charge in [0, 0.05) is 51.3 Å². The Balaban J connectivity index is 1.49. The molecular formula is C25H35FN5O3+. The molecule has 0 atom stereocenters. The summed E-state index contributed by atoms with van der Waals surface area (Å²) in [6.07, 6.45) is 8.79. The van der Waals surface area contributed by atoms with E-state index in [2.05, 4.69) is 16.4 Å². The summed E-state index contributed by atoms with van der Waals surface area (Å²) in [5, 5.41) is 0. The maximum absolute atomic E-state index is 14.4. The minimum atomic E-state index is -0.436. The molecule has 1 amide bonds. The Hall–Kier alpha value is -3.04. The molecule has 1 aromatic rings. The summed E-state index contributed by atoms with van der Waals surface area (Å²) < 4.78 is 14.4. The summed E-state index contributed by atoms with van der Waals surface area (Å²) in [6.45, 7) is 9.02. The number of rotatable bonds is 9. The number of benzene rings is 1. The van der Waals surface area contributed by atoms with Gasteiger partial charge in [0.05, 0.1) is 10.5 Å². The molecule has 9 heteroatoms. The van der Waals surface area contributed by atoms with E-state index < -0.39 is 5.82 Å². The molecule has 0 spiro atoms. The first kappa shape index (κ1) is 25.6. The Morgan fingerprint density at radius 3 is 2.53 bits per heavy atom. The van der Waals surface area contributed by atoms with Gasteiger partial charge >= 0.3 is 5.69 Å². The highest BCUT2D eigenvalue weighted by Crippen LogP contribution is 2.25.